The number of nitrogens with zero attached hydrogens (tertiary/aromatic N) is 2. The number of nitriles is 1. The summed E-state index contributed by atoms with van der Waals surface area (Å²) in [5.74, 6) is -0.383. The van der Waals surface area contributed by atoms with Crippen molar-refractivity contribution in [3.05, 3.63) is 35.4 Å². The first-order chi connectivity index (χ1) is 9.70. The van der Waals surface area contributed by atoms with Crippen LogP contribution in [0.15, 0.2) is 24.3 Å². The van der Waals surface area contributed by atoms with Crippen LogP contribution >= 0.6 is 0 Å². The predicted molar refractivity (Wildman–Crippen MR) is 72.9 cm³/mol. The highest BCUT2D eigenvalue weighted by Gasteiger charge is 2.16. The molecule has 2 rings (SSSR count). The Kier molecular flexibility index (Phi) is 4.69. The van der Waals surface area contributed by atoms with Crippen molar-refractivity contribution in [1.82, 2.24) is 15.5 Å². The summed E-state index contributed by atoms with van der Waals surface area (Å²) in [5, 5.41) is 14.4. The van der Waals surface area contributed by atoms with Gasteiger partial charge in [0.1, 0.15) is 0 Å². The third kappa shape index (κ3) is 3.56. The monoisotopic (exact) mass is 272 g/mol. The molecule has 1 aliphatic heterocycles. The standard InChI is InChI=1S/C14H16N4O2/c15-9-11-1-3-12(4-2-11)14(20)17-10-13(19)18-7-5-16-6-8-18/h1-4,16H,5-8,10H2,(H,17,20). The molecular formula is C14H16N4O2. The number of benzene rings is 1. The Morgan fingerprint density at radius 3 is 2.50 bits per heavy atom. The summed E-state index contributed by atoms with van der Waals surface area (Å²) in [7, 11) is 0. The van der Waals surface area contributed by atoms with E-state index in [-0.39, 0.29) is 18.4 Å². The number of piperazine rings is 1. The van der Waals surface area contributed by atoms with Crippen molar-refractivity contribution in [3.8, 4) is 6.07 Å². The van der Waals surface area contributed by atoms with Crippen molar-refractivity contribution in [2.45, 2.75) is 0 Å². The van der Waals surface area contributed by atoms with Gasteiger partial charge in [0.05, 0.1) is 18.2 Å². The number of hydrogen-bond donors (Lipinski definition) is 2. The minimum absolute atomic E-state index is 0.00116. The minimum atomic E-state index is -0.307. The second-order valence-electron chi connectivity index (χ2n) is 4.50. The molecule has 0 radical (unpaired) electrons. The molecule has 1 heterocycles. The number of rotatable bonds is 3. The van der Waals surface area contributed by atoms with Gasteiger partial charge in [0, 0.05) is 31.7 Å². The average molecular weight is 272 g/mol. The molecule has 0 bridgehead atoms. The summed E-state index contributed by atoms with van der Waals surface area (Å²) >= 11 is 0. The van der Waals surface area contributed by atoms with Crippen LogP contribution in [-0.4, -0.2) is 49.4 Å². The van der Waals surface area contributed by atoms with Crippen LogP contribution in [0, 0.1) is 11.3 Å². The first-order valence-electron chi connectivity index (χ1n) is 6.47. The molecule has 1 aromatic carbocycles. The van der Waals surface area contributed by atoms with E-state index in [9.17, 15) is 9.59 Å². The van der Waals surface area contributed by atoms with Crippen LogP contribution in [0.2, 0.25) is 0 Å². The fraction of sp³-hybridized carbons (Fsp3) is 0.357. The molecule has 1 aromatic rings. The Balaban J connectivity index is 1.84. The van der Waals surface area contributed by atoms with E-state index < -0.39 is 0 Å². The van der Waals surface area contributed by atoms with Gasteiger partial charge in [-0.25, -0.2) is 0 Å². The first-order valence-corrected chi connectivity index (χ1v) is 6.47. The zero-order valence-corrected chi connectivity index (χ0v) is 11.1. The number of nitrogens with one attached hydrogen (secondary N) is 2. The molecule has 2 N–H and O–H groups in total. The zero-order chi connectivity index (χ0) is 14.4. The summed E-state index contributed by atoms with van der Waals surface area (Å²) in [6, 6.07) is 8.29. The van der Waals surface area contributed by atoms with Crippen LogP contribution in [0.5, 0.6) is 0 Å². The lowest BCUT2D eigenvalue weighted by Gasteiger charge is -2.27. The van der Waals surface area contributed by atoms with Gasteiger partial charge in [-0.2, -0.15) is 5.26 Å². The number of hydrogen-bond acceptors (Lipinski definition) is 4. The van der Waals surface area contributed by atoms with Crippen LogP contribution in [0.4, 0.5) is 0 Å². The van der Waals surface area contributed by atoms with Gasteiger partial charge >= 0.3 is 0 Å². The summed E-state index contributed by atoms with van der Waals surface area (Å²) in [6.07, 6.45) is 0. The van der Waals surface area contributed by atoms with Gasteiger partial charge in [-0.15, -0.1) is 0 Å². The number of amides is 2. The fourth-order valence-corrected chi connectivity index (χ4v) is 1.98. The van der Waals surface area contributed by atoms with Crippen LogP contribution in [-0.2, 0) is 4.79 Å². The largest absolute Gasteiger partial charge is 0.343 e. The summed E-state index contributed by atoms with van der Waals surface area (Å²) < 4.78 is 0. The molecular weight excluding hydrogens is 256 g/mol. The molecule has 20 heavy (non-hydrogen) atoms. The smallest absolute Gasteiger partial charge is 0.251 e. The highest BCUT2D eigenvalue weighted by atomic mass is 16.2. The molecule has 0 spiro atoms. The van der Waals surface area contributed by atoms with Crippen LogP contribution in [0.3, 0.4) is 0 Å². The van der Waals surface area contributed by atoms with E-state index in [1.165, 1.54) is 0 Å². The normalized spacial score (nSPS) is 14.4. The molecule has 0 atom stereocenters. The van der Waals surface area contributed by atoms with Crippen LogP contribution in [0.25, 0.3) is 0 Å². The Morgan fingerprint density at radius 2 is 1.90 bits per heavy atom. The SMILES string of the molecule is N#Cc1ccc(C(=O)NCC(=O)N2CCNCC2)cc1. The minimum Gasteiger partial charge on any atom is -0.343 e. The Hall–Kier alpha value is -2.39. The molecule has 104 valence electrons. The van der Waals surface area contributed by atoms with Crippen molar-refractivity contribution in [2.24, 2.45) is 0 Å². The second kappa shape index (κ2) is 6.68. The Morgan fingerprint density at radius 1 is 1.25 bits per heavy atom. The second-order valence-corrected chi connectivity index (χ2v) is 4.50. The van der Waals surface area contributed by atoms with E-state index in [1.54, 1.807) is 29.2 Å². The third-order valence-corrected chi connectivity index (χ3v) is 3.15. The maximum absolute atomic E-state index is 11.9. The van der Waals surface area contributed by atoms with Gasteiger partial charge in [-0.05, 0) is 24.3 Å². The lowest BCUT2D eigenvalue weighted by Crippen LogP contribution is -2.49. The molecule has 0 aromatic heterocycles. The third-order valence-electron chi connectivity index (χ3n) is 3.15. The summed E-state index contributed by atoms with van der Waals surface area (Å²) in [4.78, 5) is 25.5. The van der Waals surface area contributed by atoms with Crippen LogP contribution < -0.4 is 10.6 Å². The van der Waals surface area contributed by atoms with E-state index >= 15 is 0 Å². The molecule has 0 saturated carbocycles. The van der Waals surface area contributed by atoms with Crippen molar-refractivity contribution in [3.63, 3.8) is 0 Å². The zero-order valence-electron chi connectivity index (χ0n) is 11.1. The maximum atomic E-state index is 11.9. The molecule has 2 amide bonds. The van der Waals surface area contributed by atoms with E-state index in [1.807, 2.05) is 6.07 Å². The fourth-order valence-electron chi connectivity index (χ4n) is 1.98. The molecule has 6 nitrogen and oxygen atoms in total. The van der Waals surface area contributed by atoms with E-state index in [4.69, 9.17) is 5.26 Å². The molecule has 0 aliphatic carbocycles. The van der Waals surface area contributed by atoms with Gasteiger partial charge in [0.15, 0.2) is 0 Å². The molecule has 1 fully saturated rings. The maximum Gasteiger partial charge on any atom is 0.251 e. The van der Waals surface area contributed by atoms with E-state index in [2.05, 4.69) is 10.6 Å². The summed E-state index contributed by atoms with van der Waals surface area (Å²) in [5.41, 5.74) is 0.940. The Bertz CT molecular complexity index is 527. The quantitative estimate of drug-likeness (QED) is 0.792. The van der Waals surface area contributed by atoms with Gasteiger partial charge in [-0.3, -0.25) is 9.59 Å². The van der Waals surface area contributed by atoms with Gasteiger partial charge < -0.3 is 15.5 Å². The molecule has 6 heteroatoms. The molecule has 1 aliphatic rings. The van der Waals surface area contributed by atoms with Gasteiger partial charge in [-0.1, -0.05) is 0 Å². The lowest BCUT2D eigenvalue weighted by atomic mass is 10.1. The van der Waals surface area contributed by atoms with Crippen molar-refractivity contribution >= 4 is 11.8 Å². The van der Waals surface area contributed by atoms with Crippen molar-refractivity contribution in [1.29, 1.82) is 5.26 Å². The lowest BCUT2D eigenvalue weighted by molar-refractivity contribution is -0.130. The van der Waals surface area contributed by atoms with E-state index in [0.717, 1.165) is 13.1 Å². The summed E-state index contributed by atoms with van der Waals surface area (Å²) in [6.45, 7) is 2.92. The topological polar surface area (TPSA) is 85.2 Å². The highest BCUT2D eigenvalue weighted by molar-refractivity contribution is 5.96. The number of carbonyl (C=O) groups is 2. The van der Waals surface area contributed by atoms with Gasteiger partial charge in [0.25, 0.3) is 5.91 Å². The number of carbonyl (C=O) groups excluding carboxylic acids is 2. The van der Waals surface area contributed by atoms with Gasteiger partial charge in [0.2, 0.25) is 5.91 Å². The first kappa shape index (κ1) is 14.0. The van der Waals surface area contributed by atoms with Crippen molar-refractivity contribution < 1.29 is 9.59 Å². The van der Waals surface area contributed by atoms with Crippen LogP contribution in [0.1, 0.15) is 15.9 Å². The van der Waals surface area contributed by atoms with Crippen molar-refractivity contribution in [2.75, 3.05) is 32.7 Å². The Labute approximate surface area is 117 Å². The average Bonchev–Trinajstić information content (AvgIpc) is 2.53. The molecule has 1 saturated heterocycles. The predicted octanol–water partition coefficient (Wildman–Crippen LogP) is -0.280. The van der Waals surface area contributed by atoms with E-state index in [0.29, 0.717) is 24.2 Å². The highest BCUT2D eigenvalue weighted by Crippen LogP contribution is 2.03. The molecule has 0 unspecified atom stereocenters.